The minimum absolute atomic E-state index is 0.0606. The monoisotopic (exact) mass is 377 g/mol. The average molecular weight is 378 g/mol. The molecule has 2 rings (SSSR count). The number of nitrogens with zero attached hydrogens (tertiary/aromatic N) is 3. The van der Waals surface area contributed by atoms with Gasteiger partial charge < -0.3 is 9.80 Å². The first-order valence-corrected chi connectivity index (χ1v) is 8.62. The van der Waals surface area contributed by atoms with Crippen molar-refractivity contribution in [2.45, 2.75) is 19.8 Å². The highest BCUT2D eigenvalue weighted by atomic mass is 35.5. The number of pyridine rings is 1. The summed E-state index contributed by atoms with van der Waals surface area (Å²) in [5.74, 6) is -0.857. The normalized spacial score (nSPS) is 10.5. The number of halogens is 2. The van der Waals surface area contributed by atoms with Gasteiger partial charge in [0.1, 0.15) is 5.82 Å². The molecule has 26 heavy (non-hydrogen) atoms. The van der Waals surface area contributed by atoms with E-state index in [1.807, 2.05) is 12.1 Å². The third kappa shape index (κ3) is 5.52. The van der Waals surface area contributed by atoms with Gasteiger partial charge in [0.05, 0.1) is 5.02 Å². The number of carbonyl (C=O) groups excluding carboxylic acids is 2. The minimum atomic E-state index is -0.550. The lowest BCUT2D eigenvalue weighted by molar-refractivity contribution is -0.129. The second-order valence-corrected chi connectivity index (χ2v) is 6.35. The number of hydrogen-bond donors (Lipinski definition) is 0. The van der Waals surface area contributed by atoms with Crippen LogP contribution in [0.3, 0.4) is 0 Å². The van der Waals surface area contributed by atoms with E-state index in [9.17, 15) is 14.0 Å². The Morgan fingerprint density at radius 1 is 1.15 bits per heavy atom. The van der Waals surface area contributed by atoms with Gasteiger partial charge in [0.25, 0.3) is 0 Å². The smallest absolute Gasteiger partial charge is 0.224 e. The number of likely N-dealkylation sites (N-methyl/N-ethyl adjacent to an activating group) is 1. The van der Waals surface area contributed by atoms with E-state index in [-0.39, 0.29) is 29.8 Å². The van der Waals surface area contributed by atoms with E-state index in [0.29, 0.717) is 12.2 Å². The summed E-state index contributed by atoms with van der Waals surface area (Å²) < 4.78 is 13.3. The second kappa shape index (κ2) is 9.29. The molecule has 0 radical (unpaired) electrons. The maximum absolute atomic E-state index is 13.3. The van der Waals surface area contributed by atoms with Gasteiger partial charge in [-0.3, -0.25) is 14.6 Å². The summed E-state index contributed by atoms with van der Waals surface area (Å²) in [6, 6.07) is 7.88. The number of benzene rings is 1. The van der Waals surface area contributed by atoms with Gasteiger partial charge in [0, 0.05) is 51.6 Å². The highest BCUT2D eigenvalue weighted by Crippen LogP contribution is 2.23. The minimum Gasteiger partial charge on any atom is -0.345 e. The van der Waals surface area contributed by atoms with Crippen molar-refractivity contribution in [3.8, 4) is 0 Å². The number of amides is 2. The maximum atomic E-state index is 13.3. The van der Waals surface area contributed by atoms with Crippen LogP contribution >= 0.6 is 11.6 Å². The maximum Gasteiger partial charge on any atom is 0.224 e. The van der Waals surface area contributed by atoms with Gasteiger partial charge in [0.15, 0.2) is 0 Å². The molecule has 1 heterocycles. The molecule has 0 atom stereocenters. The highest BCUT2D eigenvalue weighted by molar-refractivity contribution is 6.31. The van der Waals surface area contributed by atoms with Crippen LogP contribution in [0.15, 0.2) is 42.7 Å². The molecule has 2 aromatic rings. The number of anilines is 1. The van der Waals surface area contributed by atoms with Gasteiger partial charge in [-0.2, -0.15) is 0 Å². The van der Waals surface area contributed by atoms with E-state index in [4.69, 9.17) is 11.6 Å². The van der Waals surface area contributed by atoms with E-state index in [0.717, 1.165) is 12.0 Å². The zero-order chi connectivity index (χ0) is 19.1. The molecule has 5 nitrogen and oxygen atoms in total. The second-order valence-electron chi connectivity index (χ2n) is 5.94. The van der Waals surface area contributed by atoms with E-state index in [1.54, 1.807) is 24.3 Å². The van der Waals surface area contributed by atoms with Crippen LogP contribution in [0, 0.1) is 5.82 Å². The molecule has 0 N–H and O–H groups in total. The van der Waals surface area contributed by atoms with E-state index in [1.165, 1.54) is 30.0 Å². The van der Waals surface area contributed by atoms with Gasteiger partial charge in [-0.05, 0) is 42.3 Å². The predicted molar refractivity (Wildman–Crippen MR) is 99.6 cm³/mol. The summed E-state index contributed by atoms with van der Waals surface area (Å²) in [7, 11) is 1.73. The standard InChI is InChI=1S/C19H21ClFN3O2/c1-14(25)24(16-3-4-18(21)17(20)13-16)12-8-19(26)23(2)11-7-15-5-9-22-10-6-15/h3-6,9-10,13H,7-8,11-12H2,1-2H3. The molecule has 0 aliphatic carbocycles. The molecule has 1 aromatic heterocycles. The topological polar surface area (TPSA) is 53.5 Å². The van der Waals surface area contributed by atoms with Crippen molar-refractivity contribution >= 4 is 29.1 Å². The zero-order valence-corrected chi connectivity index (χ0v) is 15.5. The molecule has 0 spiro atoms. The number of carbonyl (C=O) groups is 2. The van der Waals surface area contributed by atoms with E-state index in [2.05, 4.69) is 4.98 Å². The molecule has 0 aliphatic heterocycles. The summed E-state index contributed by atoms with van der Waals surface area (Å²) in [6.07, 6.45) is 4.33. The highest BCUT2D eigenvalue weighted by Gasteiger charge is 2.16. The van der Waals surface area contributed by atoms with Crippen molar-refractivity contribution in [1.82, 2.24) is 9.88 Å². The van der Waals surface area contributed by atoms with Crippen molar-refractivity contribution in [1.29, 1.82) is 0 Å². The van der Waals surface area contributed by atoms with Gasteiger partial charge >= 0.3 is 0 Å². The van der Waals surface area contributed by atoms with Crippen LogP contribution < -0.4 is 4.90 Å². The largest absolute Gasteiger partial charge is 0.345 e. The molecular formula is C19H21ClFN3O2. The van der Waals surface area contributed by atoms with Gasteiger partial charge in [-0.25, -0.2) is 4.39 Å². The first-order valence-electron chi connectivity index (χ1n) is 8.24. The number of aromatic nitrogens is 1. The average Bonchev–Trinajstić information content (AvgIpc) is 2.63. The molecule has 0 bridgehead atoms. The Bertz CT molecular complexity index is 771. The fourth-order valence-electron chi connectivity index (χ4n) is 2.49. The molecule has 0 saturated heterocycles. The molecule has 1 aromatic carbocycles. The predicted octanol–water partition coefficient (Wildman–Crippen LogP) is 3.32. The number of rotatable bonds is 7. The summed E-state index contributed by atoms with van der Waals surface area (Å²) in [6.45, 7) is 2.18. The van der Waals surface area contributed by atoms with Crippen LogP contribution in [-0.2, 0) is 16.0 Å². The first kappa shape index (κ1) is 19.8. The fraction of sp³-hybridized carbons (Fsp3) is 0.316. The van der Waals surface area contributed by atoms with Gasteiger partial charge in [-0.1, -0.05) is 11.6 Å². The Hall–Kier alpha value is -2.47. The van der Waals surface area contributed by atoms with Crippen molar-refractivity contribution in [3.63, 3.8) is 0 Å². The van der Waals surface area contributed by atoms with Crippen molar-refractivity contribution in [2.24, 2.45) is 0 Å². The quantitative estimate of drug-likeness (QED) is 0.743. The fourth-order valence-corrected chi connectivity index (χ4v) is 2.67. The first-order chi connectivity index (χ1) is 12.4. The van der Waals surface area contributed by atoms with Crippen molar-refractivity contribution < 1.29 is 14.0 Å². The third-order valence-corrected chi connectivity index (χ3v) is 4.34. The summed E-state index contributed by atoms with van der Waals surface area (Å²) >= 11 is 5.78. The molecule has 138 valence electrons. The number of hydrogen-bond acceptors (Lipinski definition) is 3. The molecule has 2 amide bonds. The van der Waals surface area contributed by atoms with E-state index < -0.39 is 5.82 Å². The van der Waals surface area contributed by atoms with Gasteiger partial charge in [-0.15, -0.1) is 0 Å². The van der Waals surface area contributed by atoms with E-state index >= 15 is 0 Å². The molecule has 0 unspecified atom stereocenters. The van der Waals surface area contributed by atoms with Crippen LogP contribution in [0.1, 0.15) is 18.9 Å². The van der Waals surface area contributed by atoms with Crippen molar-refractivity contribution in [2.75, 3.05) is 25.0 Å². The van der Waals surface area contributed by atoms with Gasteiger partial charge in [0.2, 0.25) is 11.8 Å². The lowest BCUT2D eigenvalue weighted by Crippen LogP contribution is -2.35. The Balaban J connectivity index is 1.92. The summed E-state index contributed by atoms with van der Waals surface area (Å²) in [5.41, 5.74) is 1.57. The van der Waals surface area contributed by atoms with Crippen LogP contribution in [0.2, 0.25) is 5.02 Å². The lowest BCUT2D eigenvalue weighted by Gasteiger charge is -2.23. The van der Waals surface area contributed by atoms with Crippen molar-refractivity contribution in [3.05, 3.63) is 59.1 Å². The van der Waals surface area contributed by atoms with Crippen LogP contribution in [0.5, 0.6) is 0 Å². The third-order valence-electron chi connectivity index (χ3n) is 4.06. The van der Waals surface area contributed by atoms with Crippen LogP contribution in [-0.4, -0.2) is 41.8 Å². The molecular weight excluding hydrogens is 357 g/mol. The Morgan fingerprint density at radius 3 is 2.46 bits per heavy atom. The van der Waals surface area contributed by atoms with Crippen LogP contribution in [0.4, 0.5) is 10.1 Å². The van der Waals surface area contributed by atoms with Crippen LogP contribution in [0.25, 0.3) is 0 Å². The Morgan fingerprint density at radius 2 is 1.85 bits per heavy atom. The molecule has 7 heteroatoms. The SMILES string of the molecule is CC(=O)N(CCC(=O)N(C)CCc1ccncc1)c1ccc(F)c(Cl)c1. The molecule has 0 fully saturated rings. The Labute approximate surface area is 157 Å². The zero-order valence-electron chi connectivity index (χ0n) is 14.8. The molecule has 0 aliphatic rings. The molecule has 0 saturated carbocycles. The Kier molecular flexibility index (Phi) is 7.09. The summed E-state index contributed by atoms with van der Waals surface area (Å²) in [4.78, 5) is 31.2. The lowest BCUT2D eigenvalue weighted by atomic mass is 10.2. The summed E-state index contributed by atoms with van der Waals surface area (Å²) in [5, 5.41) is -0.0606.